The van der Waals surface area contributed by atoms with Crippen LogP contribution in [-0.4, -0.2) is 49.9 Å². The molecule has 0 aromatic heterocycles. The summed E-state index contributed by atoms with van der Waals surface area (Å²) in [6.07, 6.45) is 5.92. The van der Waals surface area contributed by atoms with E-state index in [2.05, 4.69) is 10.9 Å². The number of hydrogen-bond donors (Lipinski definition) is 2. The van der Waals surface area contributed by atoms with E-state index in [4.69, 9.17) is 21.1 Å². The van der Waals surface area contributed by atoms with Crippen LogP contribution in [0.1, 0.15) is 31.2 Å². The molecule has 0 aliphatic carbocycles. The zero-order valence-corrected chi connectivity index (χ0v) is 16.7. The average Bonchev–Trinajstić information content (AvgIpc) is 2.88. The molecule has 0 spiro atoms. The molecule has 8 nitrogen and oxygen atoms in total. The Morgan fingerprint density at radius 2 is 1.96 bits per heavy atom. The third-order valence-electron chi connectivity index (χ3n) is 4.21. The van der Waals surface area contributed by atoms with Crippen LogP contribution in [0.25, 0.3) is 6.08 Å². The van der Waals surface area contributed by atoms with Crippen LogP contribution >= 0.6 is 11.6 Å². The molecule has 0 bridgehead atoms. The summed E-state index contributed by atoms with van der Waals surface area (Å²) in [5.41, 5.74) is 5.22. The van der Waals surface area contributed by atoms with Gasteiger partial charge in [-0.05, 0) is 36.6 Å². The van der Waals surface area contributed by atoms with Crippen LogP contribution in [-0.2, 0) is 14.4 Å². The molecule has 0 unspecified atom stereocenters. The van der Waals surface area contributed by atoms with Crippen molar-refractivity contribution in [2.45, 2.75) is 25.7 Å². The van der Waals surface area contributed by atoms with Crippen molar-refractivity contribution in [1.82, 2.24) is 15.8 Å². The second-order valence-corrected chi connectivity index (χ2v) is 6.64. The number of methoxy groups -OCH3 is 2. The maximum Gasteiger partial charge on any atom is 0.262 e. The maximum absolute atomic E-state index is 12.0. The molecule has 0 atom stereocenters. The summed E-state index contributed by atoms with van der Waals surface area (Å²) in [6, 6.07) is 3.29. The zero-order chi connectivity index (χ0) is 20.5. The van der Waals surface area contributed by atoms with Gasteiger partial charge >= 0.3 is 0 Å². The molecule has 1 heterocycles. The molecule has 1 fully saturated rings. The van der Waals surface area contributed by atoms with Crippen molar-refractivity contribution in [2.24, 2.45) is 0 Å². The lowest BCUT2D eigenvalue weighted by molar-refractivity contribution is -0.136. The van der Waals surface area contributed by atoms with E-state index >= 15 is 0 Å². The van der Waals surface area contributed by atoms with Crippen LogP contribution in [0.2, 0.25) is 5.02 Å². The number of halogens is 1. The Hall–Kier alpha value is -2.74. The molecule has 0 saturated carbocycles. The molecule has 1 aliphatic rings. The van der Waals surface area contributed by atoms with Crippen molar-refractivity contribution < 1.29 is 23.9 Å². The molecule has 152 valence electrons. The summed E-state index contributed by atoms with van der Waals surface area (Å²) < 4.78 is 10.4. The Morgan fingerprint density at radius 3 is 2.68 bits per heavy atom. The monoisotopic (exact) mass is 409 g/mol. The molecular formula is C19H24ClN3O5. The van der Waals surface area contributed by atoms with Crippen molar-refractivity contribution in [1.29, 1.82) is 0 Å². The minimum atomic E-state index is -0.526. The summed E-state index contributed by atoms with van der Waals surface area (Å²) in [7, 11) is 2.97. The molecule has 1 aromatic rings. The lowest BCUT2D eigenvalue weighted by atomic mass is 10.2. The summed E-state index contributed by atoms with van der Waals surface area (Å²) >= 11 is 6.12. The molecule has 1 saturated heterocycles. The van der Waals surface area contributed by atoms with Gasteiger partial charge in [0.05, 0.1) is 19.2 Å². The minimum Gasteiger partial charge on any atom is -0.493 e. The van der Waals surface area contributed by atoms with E-state index in [9.17, 15) is 14.4 Å². The molecule has 2 rings (SSSR count). The summed E-state index contributed by atoms with van der Waals surface area (Å²) in [5.74, 6) is -0.177. The first-order valence-electron chi connectivity index (χ1n) is 8.90. The largest absolute Gasteiger partial charge is 0.493 e. The number of amides is 3. The van der Waals surface area contributed by atoms with Gasteiger partial charge in [-0.2, -0.15) is 0 Å². The Morgan fingerprint density at radius 1 is 1.18 bits per heavy atom. The number of hydrazine groups is 1. The molecule has 1 aliphatic heterocycles. The molecule has 3 amide bonds. The highest BCUT2D eigenvalue weighted by Crippen LogP contribution is 2.36. The highest BCUT2D eigenvalue weighted by molar-refractivity contribution is 6.32. The third kappa shape index (κ3) is 6.16. The number of ether oxygens (including phenoxy) is 2. The van der Waals surface area contributed by atoms with Gasteiger partial charge in [-0.1, -0.05) is 18.0 Å². The van der Waals surface area contributed by atoms with Crippen LogP contribution in [0.3, 0.4) is 0 Å². The summed E-state index contributed by atoms with van der Waals surface area (Å²) in [6.45, 7) is 0.480. The molecular weight excluding hydrogens is 386 g/mol. The fourth-order valence-electron chi connectivity index (χ4n) is 2.80. The van der Waals surface area contributed by atoms with Gasteiger partial charge in [0.2, 0.25) is 5.91 Å². The number of benzene rings is 1. The van der Waals surface area contributed by atoms with E-state index < -0.39 is 11.8 Å². The van der Waals surface area contributed by atoms with Gasteiger partial charge in [-0.3, -0.25) is 25.2 Å². The topological polar surface area (TPSA) is 97.0 Å². The Labute approximate surface area is 168 Å². The van der Waals surface area contributed by atoms with Crippen molar-refractivity contribution >= 4 is 35.4 Å². The van der Waals surface area contributed by atoms with Crippen molar-refractivity contribution in [3.8, 4) is 11.5 Å². The number of carbonyl (C=O) groups is 3. The normalized spacial score (nSPS) is 14.5. The van der Waals surface area contributed by atoms with E-state index in [1.54, 1.807) is 12.1 Å². The summed E-state index contributed by atoms with van der Waals surface area (Å²) in [4.78, 5) is 37.3. The van der Waals surface area contributed by atoms with E-state index in [1.807, 2.05) is 0 Å². The number of rotatable bonds is 6. The predicted molar refractivity (Wildman–Crippen MR) is 105 cm³/mol. The highest BCUT2D eigenvalue weighted by atomic mass is 35.5. The number of hydrogen-bond acceptors (Lipinski definition) is 5. The predicted octanol–water partition coefficient (Wildman–Crippen LogP) is 1.92. The number of carbonyl (C=O) groups excluding carboxylic acids is 3. The second-order valence-electron chi connectivity index (χ2n) is 6.23. The van der Waals surface area contributed by atoms with Gasteiger partial charge in [0.15, 0.2) is 11.5 Å². The van der Waals surface area contributed by atoms with Crippen LogP contribution in [0.4, 0.5) is 0 Å². The van der Waals surface area contributed by atoms with Crippen LogP contribution in [0.5, 0.6) is 11.5 Å². The molecule has 9 heteroatoms. The first kappa shape index (κ1) is 21.6. The Bertz CT molecular complexity index is 766. The number of nitrogens with zero attached hydrogens (tertiary/aromatic N) is 1. The van der Waals surface area contributed by atoms with Crippen molar-refractivity contribution in [3.63, 3.8) is 0 Å². The first-order chi connectivity index (χ1) is 13.4. The number of nitrogens with one attached hydrogen (secondary N) is 2. The van der Waals surface area contributed by atoms with Gasteiger partial charge in [0, 0.05) is 19.0 Å². The zero-order valence-electron chi connectivity index (χ0n) is 15.9. The smallest absolute Gasteiger partial charge is 0.262 e. The van der Waals surface area contributed by atoms with Crippen LogP contribution < -0.4 is 20.3 Å². The SMILES string of the molecule is COc1cc(/C=C/C(=O)NNC(=O)CN2CCCCCC2=O)cc(Cl)c1OC. The Kier molecular flexibility index (Phi) is 8.13. The van der Waals surface area contributed by atoms with Gasteiger partial charge in [0.25, 0.3) is 11.8 Å². The van der Waals surface area contributed by atoms with Crippen molar-refractivity contribution in [3.05, 3.63) is 28.8 Å². The third-order valence-corrected chi connectivity index (χ3v) is 4.49. The van der Waals surface area contributed by atoms with Gasteiger partial charge in [-0.15, -0.1) is 0 Å². The average molecular weight is 410 g/mol. The fraction of sp³-hybridized carbons (Fsp3) is 0.421. The number of likely N-dealkylation sites (tertiary alicyclic amines) is 1. The molecule has 0 radical (unpaired) electrons. The standard InChI is InChI=1S/C19H24ClN3O5/c1-27-15-11-13(10-14(20)19(15)28-2)7-8-16(24)21-22-17(25)12-23-9-5-3-4-6-18(23)26/h7-8,10-11H,3-6,9,12H2,1-2H3,(H,21,24)(H,22,25)/b8-7+. The second kappa shape index (κ2) is 10.6. The van der Waals surface area contributed by atoms with Gasteiger partial charge in [-0.25, -0.2) is 0 Å². The molecule has 1 aromatic carbocycles. The quantitative estimate of drug-likeness (QED) is 0.552. The van der Waals surface area contributed by atoms with Gasteiger partial charge < -0.3 is 14.4 Å². The summed E-state index contributed by atoms with van der Waals surface area (Å²) in [5, 5.41) is 0.345. The van der Waals surface area contributed by atoms with E-state index in [0.717, 1.165) is 19.3 Å². The lowest BCUT2D eigenvalue weighted by Gasteiger charge is -2.19. The Balaban J connectivity index is 1.87. The maximum atomic E-state index is 12.0. The van der Waals surface area contributed by atoms with Crippen LogP contribution in [0.15, 0.2) is 18.2 Å². The minimum absolute atomic E-state index is 0.0378. The van der Waals surface area contributed by atoms with Gasteiger partial charge in [0.1, 0.15) is 6.54 Å². The first-order valence-corrected chi connectivity index (χ1v) is 9.28. The van der Waals surface area contributed by atoms with E-state index in [0.29, 0.717) is 35.1 Å². The van der Waals surface area contributed by atoms with Crippen LogP contribution in [0, 0.1) is 0 Å². The molecule has 28 heavy (non-hydrogen) atoms. The van der Waals surface area contributed by atoms with Crippen molar-refractivity contribution in [2.75, 3.05) is 27.3 Å². The lowest BCUT2D eigenvalue weighted by Crippen LogP contribution is -2.47. The fourth-order valence-corrected chi connectivity index (χ4v) is 3.09. The highest BCUT2D eigenvalue weighted by Gasteiger charge is 2.19. The van der Waals surface area contributed by atoms with E-state index in [-0.39, 0.29) is 12.5 Å². The van der Waals surface area contributed by atoms with E-state index in [1.165, 1.54) is 31.3 Å². The molecule has 2 N–H and O–H groups in total.